The van der Waals surface area contributed by atoms with Crippen LogP contribution in [0.25, 0.3) is 22.2 Å². The van der Waals surface area contributed by atoms with Crippen LogP contribution in [-0.2, 0) is 27.3 Å². The van der Waals surface area contributed by atoms with Gasteiger partial charge in [0.05, 0.1) is 5.52 Å². The van der Waals surface area contributed by atoms with E-state index in [1.165, 1.54) is 13.0 Å². The topological polar surface area (TPSA) is 102 Å². The number of hydrogen-bond donors (Lipinski definition) is 2. The fourth-order valence-corrected chi connectivity index (χ4v) is 5.97. The standard InChI is InChI=1S/C34H40FN5O3/c1-23(41)37-29-15-13-26(14-16-29)25-11-9-24(10-12-25)20-28(36)21-32(42)39-17-4-6-27(22-39)34-38-33-30(35)7-3-8-31(33)40(34)18-5-19-43-2/h3,7-16,27-28H,4-6,17-22,36H2,1-2H3,(H,37,41)/t27-,28-/m1/s1. The lowest BCUT2D eigenvalue weighted by Crippen LogP contribution is -2.42. The van der Waals surface area contributed by atoms with E-state index in [0.29, 0.717) is 38.2 Å². The minimum absolute atomic E-state index is 0.0307. The lowest BCUT2D eigenvalue weighted by molar-refractivity contribution is -0.132. The number of carbonyl (C=O) groups excluding carboxylic acids is 2. The first-order valence-corrected chi connectivity index (χ1v) is 15.0. The Morgan fingerprint density at radius 1 is 1.09 bits per heavy atom. The number of fused-ring (bicyclic) bond motifs is 1. The van der Waals surface area contributed by atoms with Gasteiger partial charge in [0.2, 0.25) is 11.8 Å². The van der Waals surface area contributed by atoms with Crippen molar-refractivity contribution >= 4 is 28.5 Å². The van der Waals surface area contributed by atoms with Crippen LogP contribution in [0.15, 0.2) is 66.7 Å². The minimum Gasteiger partial charge on any atom is -0.385 e. The molecule has 9 heteroatoms. The predicted molar refractivity (Wildman–Crippen MR) is 167 cm³/mol. The maximum Gasteiger partial charge on any atom is 0.224 e. The minimum atomic E-state index is -0.327. The van der Waals surface area contributed by atoms with Crippen LogP contribution in [0, 0.1) is 5.82 Å². The first kappa shape index (κ1) is 30.4. The van der Waals surface area contributed by atoms with E-state index < -0.39 is 0 Å². The number of aromatic nitrogens is 2. The van der Waals surface area contributed by atoms with Gasteiger partial charge in [-0.2, -0.15) is 0 Å². The van der Waals surface area contributed by atoms with Crippen molar-refractivity contribution in [2.24, 2.45) is 5.73 Å². The number of piperidine rings is 1. The molecule has 0 saturated carbocycles. The number of imidazole rings is 1. The van der Waals surface area contributed by atoms with E-state index in [0.717, 1.165) is 53.0 Å². The highest BCUT2D eigenvalue weighted by Crippen LogP contribution is 2.31. The fraction of sp³-hybridized carbons (Fsp3) is 0.382. The number of hydrogen-bond acceptors (Lipinski definition) is 5. The van der Waals surface area contributed by atoms with Crippen molar-refractivity contribution in [3.8, 4) is 11.1 Å². The molecule has 0 spiro atoms. The Labute approximate surface area is 252 Å². The molecule has 226 valence electrons. The molecule has 4 aromatic rings. The van der Waals surface area contributed by atoms with Crippen LogP contribution in [0.4, 0.5) is 10.1 Å². The number of carbonyl (C=O) groups is 2. The summed E-state index contributed by atoms with van der Waals surface area (Å²) in [5.74, 6) is 0.484. The number of benzene rings is 3. The number of nitrogens with two attached hydrogens (primary N) is 1. The molecule has 1 fully saturated rings. The Morgan fingerprint density at radius 2 is 1.81 bits per heavy atom. The number of amides is 2. The van der Waals surface area contributed by atoms with Crippen LogP contribution in [0.1, 0.15) is 49.9 Å². The van der Waals surface area contributed by atoms with Gasteiger partial charge in [0, 0.05) is 64.3 Å². The van der Waals surface area contributed by atoms with Crippen LogP contribution in [0.3, 0.4) is 0 Å². The fourth-order valence-electron chi connectivity index (χ4n) is 5.97. The van der Waals surface area contributed by atoms with Crippen molar-refractivity contribution in [2.75, 3.05) is 32.1 Å². The van der Waals surface area contributed by atoms with Gasteiger partial charge in [-0.3, -0.25) is 9.59 Å². The summed E-state index contributed by atoms with van der Waals surface area (Å²) in [7, 11) is 1.67. The van der Waals surface area contributed by atoms with E-state index >= 15 is 0 Å². The second-order valence-electron chi connectivity index (χ2n) is 11.4. The summed E-state index contributed by atoms with van der Waals surface area (Å²) in [4.78, 5) is 31.2. The number of aryl methyl sites for hydroxylation is 1. The number of anilines is 1. The summed E-state index contributed by atoms with van der Waals surface area (Å²) in [6, 6.07) is 20.7. The van der Waals surface area contributed by atoms with Crippen LogP contribution in [0.2, 0.25) is 0 Å². The van der Waals surface area contributed by atoms with Crippen LogP contribution in [0.5, 0.6) is 0 Å². The first-order valence-electron chi connectivity index (χ1n) is 15.0. The largest absolute Gasteiger partial charge is 0.385 e. The van der Waals surface area contributed by atoms with Crippen LogP contribution in [-0.4, -0.2) is 59.1 Å². The third kappa shape index (κ3) is 7.47. The Bertz CT molecular complexity index is 1550. The van der Waals surface area contributed by atoms with E-state index in [-0.39, 0.29) is 36.0 Å². The quantitative estimate of drug-likeness (QED) is 0.226. The first-order chi connectivity index (χ1) is 20.8. The molecule has 5 rings (SSSR count). The molecular formula is C34H40FN5O3. The molecule has 0 unspecified atom stereocenters. The number of halogens is 1. The second kappa shape index (κ2) is 13.9. The number of methoxy groups -OCH3 is 1. The van der Waals surface area contributed by atoms with E-state index in [2.05, 4.69) is 9.88 Å². The number of ether oxygens (including phenoxy) is 1. The summed E-state index contributed by atoms with van der Waals surface area (Å²) < 4.78 is 22.0. The molecule has 1 aromatic heterocycles. The summed E-state index contributed by atoms with van der Waals surface area (Å²) in [5.41, 5.74) is 11.6. The molecule has 1 aliphatic heterocycles. The lowest BCUT2D eigenvalue weighted by Gasteiger charge is -2.33. The van der Waals surface area contributed by atoms with Crippen molar-refractivity contribution in [2.45, 2.75) is 57.5 Å². The third-order valence-corrected chi connectivity index (χ3v) is 8.06. The van der Waals surface area contributed by atoms with Crippen molar-refractivity contribution in [3.05, 3.63) is 83.9 Å². The van der Waals surface area contributed by atoms with Gasteiger partial charge in [-0.15, -0.1) is 0 Å². The number of likely N-dealkylation sites (tertiary alicyclic amines) is 1. The molecule has 1 aliphatic rings. The van der Waals surface area contributed by atoms with Crippen LogP contribution >= 0.6 is 0 Å². The average Bonchev–Trinajstić information content (AvgIpc) is 3.38. The highest BCUT2D eigenvalue weighted by atomic mass is 19.1. The van der Waals surface area contributed by atoms with Gasteiger partial charge in [0.15, 0.2) is 5.82 Å². The van der Waals surface area contributed by atoms with E-state index in [9.17, 15) is 14.0 Å². The summed E-state index contributed by atoms with van der Waals surface area (Å²) >= 11 is 0. The SMILES string of the molecule is COCCCn1c([C@@H]2CCCN(C(=O)C[C@H](N)Cc3ccc(-c4ccc(NC(C)=O)cc4)cc3)C2)nc2c(F)cccc21. The monoisotopic (exact) mass is 585 g/mol. The average molecular weight is 586 g/mol. The maximum atomic E-state index is 14.6. The molecular weight excluding hydrogens is 545 g/mol. The van der Waals surface area contributed by atoms with Gasteiger partial charge in [0.25, 0.3) is 0 Å². The Morgan fingerprint density at radius 3 is 2.51 bits per heavy atom. The Kier molecular flexibility index (Phi) is 9.84. The summed E-state index contributed by atoms with van der Waals surface area (Å²) in [6.45, 7) is 4.02. The van der Waals surface area contributed by atoms with Gasteiger partial charge in [-0.05, 0) is 66.6 Å². The molecule has 43 heavy (non-hydrogen) atoms. The van der Waals surface area contributed by atoms with Crippen molar-refractivity contribution in [1.82, 2.24) is 14.5 Å². The van der Waals surface area contributed by atoms with Gasteiger partial charge in [-0.1, -0.05) is 42.5 Å². The van der Waals surface area contributed by atoms with Gasteiger partial charge >= 0.3 is 0 Å². The predicted octanol–water partition coefficient (Wildman–Crippen LogP) is 5.50. The molecule has 0 aliphatic carbocycles. The van der Waals surface area contributed by atoms with Crippen molar-refractivity contribution in [3.63, 3.8) is 0 Å². The van der Waals surface area contributed by atoms with E-state index in [1.54, 1.807) is 13.2 Å². The highest BCUT2D eigenvalue weighted by molar-refractivity contribution is 5.89. The zero-order valence-corrected chi connectivity index (χ0v) is 24.9. The zero-order valence-electron chi connectivity index (χ0n) is 24.9. The zero-order chi connectivity index (χ0) is 30.3. The van der Waals surface area contributed by atoms with E-state index in [1.807, 2.05) is 59.5 Å². The van der Waals surface area contributed by atoms with Crippen LogP contribution < -0.4 is 11.1 Å². The smallest absolute Gasteiger partial charge is 0.224 e. The maximum absolute atomic E-state index is 14.6. The number of rotatable bonds is 11. The summed E-state index contributed by atoms with van der Waals surface area (Å²) in [5, 5.41) is 2.78. The molecule has 1 saturated heterocycles. The molecule has 2 amide bonds. The second-order valence-corrected chi connectivity index (χ2v) is 11.4. The number of nitrogens with zero attached hydrogens (tertiary/aromatic N) is 3. The summed E-state index contributed by atoms with van der Waals surface area (Å²) in [6.07, 6.45) is 3.41. The molecule has 2 heterocycles. The Balaban J connectivity index is 1.20. The third-order valence-electron chi connectivity index (χ3n) is 8.06. The molecule has 0 bridgehead atoms. The normalized spacial score (nSPS) is 15.9. The van der Waals surface area contributed by atoms with Gasteiger partial charge in [-0.25, -0.2) is 9.37 Å². The van der Waals surface area contributed by atoms with Crippen molar-refractivity contribution < 1.29 is 18.7 Å². The van der Waals surface area contributed by atoms with Gasteiger partial charge < -0.3 is 25.3 Å². The number of para-hydroxylation sites is 1. The van der Waals surface area contributed by atoms with Gasteiger partial charge in [0.1, 0.15) is 11.3 Å². The molecule has 8 nitrogen and oxygen atoms in total. The molecule has 3 aromatic carbocycles. The van der Waals surface area contributed by atoms with E-state index in [4.69, 9.17) is 15.5 Å². The number of nitrogens with one attached hydrogen (secondary N) is 1. The molecule has 0 radical (unpaired) electrons. The molecule has 2 atom stereocenters. The molecule has 3 N–H and O–H groups in total. The van der Waals surface area contributed by atoms with Crippen molar-refractivity contribution in [1.29, 1.82) is 0 Å². The lowest BCUT2D eigenvalue weighted by atomic mass is 9.95. The Hall–Kier alpha value is -4.08. The highest BCUT2D eigenvalue weighted by Gasteiger charge is 2.29.